The first-order valence-corrected chi connectivity index (χ1v) is 3.20. The summed E-state index contributed by atoms with van der Waals surface area (Å²) in [5, 5.41) is 10.3. The number of hydrogen-bond donors (Lipinski definition) is 1. The minimum absolute atomic E-state index is 0.199. The molecule has 1 N–H and O–H groups in total. The van der Waals surface area contributed by atoms with Gasteiger partial charge in [-0.25, -0.2) is 4.39 Å². The second kappa shape index (κ2) is 5.42. The summed E-state index contributed by atoms with van der Waals surface area (Å²) < 4.78 is 11.8. The molecule has 0 atom stereocenters. The molecule has 0 rings (SSSR count). The number of amides is 1. The van der Waals surface area contributed by atoms with Gasteiger partial charge >= 0.3 is 0 Å². The lowest BCUT2D eigenvalue weighted by molar-refractivity contribution is -0.119. The lowest BCUT2D eigenvalue weighted by atomic mass is 10.3. The van der Waals surface area contributed by atoms with Crippen LogP contribution in [0.2, 0.25) is 0 Å². The summed E-state index contributed by atoms with van der Waals surface area (Å²) in [4.78, 5) is 10.6. The molecule has 0 aromatic rings. The third-order valence-corrected chi connectivity index (χ3v) is 1.05. The zero-order valence-electron chi connectivity index (χ0n) is 6.22. The highest BCUT2D eigenvalue weighted by molar-refractivity contribution is 5.79. The Morgan fingerprint density at radius 3 is 2.82 bits per heavy atom. The maximum absolute atomic E-state index is 11.8. The molecule has 0 heterocycles. The number of halogens is 1. The van der Waals surface area contributed by atoms with E-state index in [9.17, 15) is 9.18 Å². The predicted octanol–water partition coefficient (Wildman–Crippen LogP) is 1.24. The van der Waals surface area contributed by atoms with Crippen LogP contribution in [0.3, 0.4) is 0 Å². The Morgan fingerprint density at radius 2 is 2.45 bits per heavy atom. The van der Waals surface area contributed by atoms with Crippen LogP contribution in [0.25, 0.3) is 0 Å². The lowest BCUT2D eigenvalue weighted by Crippen LogP contribution is -2.21. The van der Waals surface area contributed by atoms with Crippen molar-refractivity contribution in [2.24, 2.45) is 0 Å². The molecule has 3 nitrogen and oxygen atoms in total. The molecule has 0 aromatic carbocycles. The number of nitriles is 1. The molecule has 0 saturated heterocycles. The van der Waals surface area contributed by atoms with Gasteiger partial charge in [0, 0.05) is 5.70 Å². The smallest absolute Gasteiger partial charge is 0.238 e. The maximum atomic E-state index is 11.8. The van der Waals surface area contributed by atoms with Crippen LogP contribution in [0.5, 0.6) is 0 Å². The Balaban J connectivity index is 3.85. The number of allylic oxidation sites excluding steroid dienone is 1. The molecule has 0 aromatic heterocycles. The molecular formula is C7H9FN2O. The van der Waals surface area contributed by atoms with Crippen LogP contribution < -0.4 is 5.32 Å². The molecule has 0 unspecified atom stereocenters. The van der Waals surface area contributed by atoms with E-state index in [4.69, 9.17) is 5.26 Å². The fourth-order valence-electron chi connectivity index (χ4n) is 0.488. The van der Waals surface area contributed by atoms with E-state index in [-0.39, 0.29) is 12.1 Å². The number of rotatable bonds is 3. The van der Waals surface area contributed by atoms with Gasteiger partial charge in [0.15, 0.2) is 0 Å². The van der Waals surface area contributed by atoms with E-state index in [1.54, 1.807) is 13.0 Å². The van der Waals surface area contributed by atoms with Gasteiger partial charge in [-0.15, -0.1) is 0 Å². The number of carbonyl (C=O) groups is 1. The molecule has 60 valence electrons. The first-order valence-electron chi connectivity index (χ1n) is 3.20. The van der Waals surface area contributed by atoms with Crippen LogP contribution in [-0.2, 0) is 4.79 Å². The Bertz CT molecular complexity index is 205. The van der Waals surface area contributed by atoms with Crippen LogP contribution in [-0.4, -0.2) is 5.91 Å². The monoisotopic (exact) mass is 156 g/mol. The number of hydrogen-bond acceptors (Lipinski definition) is 2. The van der Waals surface area contributed by atoms with Crippen molar-refractivity contribution in [1.29, 1.82) is 5.26 Å². The van der Waals surface area contributed by atoms with E-state index in [2.05, 4.69) is 5.32 Å². The van der Waals surface area contributed by atoms with Crippen molar-refractivity contribution in [3.63, 3.8) is 0 Å². The van der Waals surface area contributed by atoms with E-state index in [1.165, 1.54) is 0 Å². The van der Waals surface area contributed by atoms with Gasteiger partial charge in [0.2, 0.25) is 5.91 Å². The van der Waals surface area contributed by atoms with E-state index < -0.39 is 5.91 Å². The van der Waals surface area contributed by atoms with E-state index in [1.807, 2.05) is 0 Å². The van der Waals surface area contributed by atoms with Gasteiger partial charge in [0.25, 0.3) is 0 Å². The SMILES string of the molecule is CC/C(=C/F)NC(=O)CC#N. The highest BCUT2D eigenvalue weighted by Crippen LogP contribution is 1.95. The zero-order chi connectivity index (χ0) is 8.69. The number of carbonyl (C=O) groups excluding carboxylic acids is 1. The molecule has 0 saturated carbocycles. The quantitative estimate of drug-likeness (QED) is 0.668. The Kier molecular flexibility index (Phi) is 4.74. The van der Waals surface area contributed by atoms with Crippen molar-refractivity contribution in [2.75, 3.05) is 0 Å². The van der Waals surface area contributed by atoms with E-state index >= 15 is 0 Å². The average Bonchev–Trinajstić information content (AvgIpc) is 2.01. The lowest BCUT2D eigenvalue weighted by Gasteiger charge is -2.01. The van der Waals surface area contributed by atoms with Gasteiger partial charge in [-0.1, -0.05) is 6.92 Å². The zero-order valence-corrected chi connectivity index (χ0v) is 6.22. The average molecular weight is 156 g/mol. The van der Waals surface area contributed by atoms with Gasteiger partial charge in [-0.3, -0.25) is 4.79 Å². The van der Waals surface area contributed by atoms with Gasteiger partial charge in [-0.2, -0.15) is 5.26 Å². The van der Waals surface area contributed by atoms with Crippen molar-refractivity contribution >= 4 is 5.91 Å². The number of nitrogens with one attached hydrogen (secondary N) is 1. The van der Waals surface area contributed by atoms with Gasteiger partial charge in [-0.05, 0) is 6.42 Å². The third kappa shape index (κ3) is 4.09. The van der Waals surface area contributed by atoms with Gasteiger partial charge < -0.3 is 5.32 Å². The molecule has 0 bridgehead atoms. The summed E-state index contributed by atoms with van der Waals surface area (Å²) in [7, 11) is 0. The molecule has 0 radical (unpaired) electrons. The molecule has 0 aliphatic heterocycles. The standard InChI is InChI=1S/C7H9FN2O/c1-2-6(5-8)10-7(11)3-4-9/h5H,2-3H2,1H3,(H,10,11)/b6-5-. The first kappa shape index (κ1) is 9.63. The molecule has 0 fully saturated rings. The van der Waals surface area contributed by atoms with Crippen LogP contribution in [0, 0.1) is 11.3 Å². The second-order valence-electron chi connectivity index (χ2n) is 1.87. The molecule has 11 heavy (non-hydrogen) atoms. The normalized spacial score (nSPS) is 10.5. The predicted molar refractivity (Wildman–Crippen MR) is 37.9 cm³/mol. The van der Waals surface area contributed by atoms with Crippen molar-refractivity contribution < 1.29 is 9.18 Å². The van der Waals surface area contributed by atoms with Crippen molar-refractivity contribution in [1.82, 2.24) is 5.32 Å². The topological polar surface area (TPSA) is 52.9 Å². The van der Waals surface area contributed by atoms with Crippen LogP contribution in [0.4, 0.5) is 4.39 Å². The molecule has 0 aliphatic carbocycles. The van der Waals surface area contributed by atoms with Crippen molar-refractivity contribution in [2.45, 2.75) is 19.8 Å². The fourth-order valence-corrected chi connectivity index (χ4v) is 0.488. The molecule has 0 aliphatic rings. The maximum Gasteiger partial charge on any atom is 0.238 e. The highest BCUT2D eigenvalue weighted by Gasteiger charge is 2.00. The van der Waals surface area contributed by atoms with Crippen LogP contribution in [0.1, 0.15) is 19.8 Å². The summed E-state index contributed by atoms with van der Waals surface area (Å²) in [6.45, 7) is 1.71. The summed E-state index contributed by atoms with van der Waals surface area (Å²) in [6, 6.07) is 1.66. The minimum Gasteiger partial charge on any atom is -0.327 e. The summed E-state index contributed by atoms with van der Waals surface area (Å²) in [5.74, 6) is -0.474. The Morgan fingerprint density at radius 1 is 1.82 bits per heavy atom. The summed E-state index contributed by atoms with van der Waals surface area (Å²) in [5.41, 5.74) is 0.199. The molecule has 1 amide bonds. The molecule has 0 spiro atoms. The largest absolute Gasteiger partial charge is 0.327 e. The highest BCUT2D eigenvalue weighted by atomic mass is 19.1. The molecule has 4 heteroatoms. The third-order valence-electron chi connectivity index (χ3n) is 1.05. The summed E-state index contributed by atoms with van der Waals surface area (Å²) in [6.07, 6.45) is 0.500. The first-order chi connectivity index (χ1) is 5.24. The Hall–Kier alpha value is -1.37. The second-order valence-corrected chi connectivity index (χ2v) is 1.87. The van der Waals surface area contributed by atoms with Crippen LogP contribution >= 0.6 is 0 Å². The summed E-state index contributed by atoms with van der Waals surface area (Å²) >= 11 is 0. The fraction of sp³-hybridized carbons (Fsp3) is 0.429. The van der Waals surface area contributed by atoms with E-state index in [0.717, 1.165) is 0 Å². The molecular weight excluding hydrogens is 147 g/mol. The van der Waals surface area contributed by atoms with Crippen molar-refractivity contribution in [3.05, 3.63) is 12.0 Å². The van der Waals surface area contributed by atoms with Gasteiger partial charge in [0.05, 0.1) is 6.07 Å². The van der Waals surface area contributed by atoms with Crippen LogP contribution in [0.15, 0.2) is 12.0 Å². The number of nitrogens with zero attached hydrogens (tertiary/aromatic N) is 1. The van der Waals surface area contributed by atoms with E-state index in [0.29, 0.717) is 12.8 Å². The van der Waals surface area contributed by atoms with Crippen molar-refractivity contribution in [3.8, 4) is 6.07 Å². The Labute approximate surface area is 64.5 Å². The van der Waals surface area contributed by atoms with Gasteiger partial charge in [0.1, 0.15) is 12.8 Å². The minimum atomic E-state index is -0.474.